The summed E-state index contributed by atoms with van der Waals surface area (Å²) in [6.07, 6.45) is -2.41. The first-order valence-corrected chi connectivity index (χ1v) is 17.0. The van der Waals surface area contributed by atoms with Crippen LogP contribution in [0.4, 0.5) is 42.0 Å². The molecule has 2 aromatic heterocycles. The number of alkyl halides is 4. The fourth-order valence-corrected chi connectivity index (χ4v) is 8.50. The number of anilines is 2. The Balaban J connectivity index is 0.000000428. The number of nitrogens with two attached hydrogens (primary N) is 1. The molecule has 3 saturated heterocycles. The summed E-state index contributed by atoms with van der Waals surface area (Å²) in [7, 11) is 4.04. The van der Waals surface area contributed by atoms with E-state index in [1.165, 1.54) is 32.0 Å². The lowest BCUT2D eigenvalue weighted by Crippen LogP contribution is -2.44. The molecule has 0 bridgehead atoms. The molecule has 7 rings (SSSR count). The minimum Gasteiger partial charge on any atom is -0.467 e. The maximum atomic E-state index is 16.5. The van der Waals surface area contributed by atoms with E-state index in [1.54, 1.807) is 24.9 Å². The van der Waals surface area contributed by atoms with Crippen molar-refractivity contribution in [2.24, 2.45) is 0 Å². The van der Waals surface area contributed by atoms with Crippen molar-refractivity contribution < 1.29 is 40.6 Å². The monoisotopic (exact) mass is 735 g/mol. The molecule has 272 valence electrons. The van der Waals surface area contributed by atoms with E-state index >= 15 is 4.39 Å². The van der Waals surface area contributed by atoms with Crippen LogP contribution in [0.1, 0.15) is 43.7 Å². The fraction of sp³-hybridized carbons (Fsp3) is 0.471. The Labute approximate surface area is 293 Å². The van der Waals surface area contributed by atoms with Crippen LogP contribution in [0, 0.1) is 23.0 Å². The van der Waals surface area contributed by atoms with E-state index in [9.17, 15) is 32.0 Å². The summed E-state index contributed by atoms with van der Waals surface area (Å²) in [5.74, 6) is -2.24. The van der Waals surface area contributed by atoms with Crippen LogP contribution >= 0.6 is 11.3 Å². The molecule has 3 fully saturated rings. The van der Waals surface area contributed by atoms with Crippen LogP contribution in [-0.2, 0) is 10.9 Å². The molecule has 4 aromatic rings. The molecule has 2 aromatic carbocycles. The van der Waals surface area contributed by atoms with Gasteiger partial charge in [-0.25, -0.2) is 18.0 Å². The van der Waals surface area contributed by atoms with Crippen molar-refractivity contribution in [2.75, 3.05) is 51.5 Å². The molecule has 0 saturated carbocycles. The minimum atomic E-state index is -5.09. The number of thiophene rings is 1. The van der Waals surface area contributed by atoms with E-state index < -0.39 is 58.8 Å². The minimum absolute atomic E-state index is 0.0573. The number of aromatic nitrogens is 2. The van der Waals surface area contributed by atoms with Crippen LogP contribution in [0.2, 0.25) is 0 Å². The predicted octanol–water partition coefficient (Wildman–Crippen LogP) is 7.13. The number of nitrogens with zero attached hydrogens (tertiary/aromatic N) is 6. The van der Waals surface area contributed by atoms with Gasteiger partial charge in [-0.3, -0.25) is 4.90 Å². The number of nitrogen functional groups attached to an aromatic ring is 1. The third-order valence-electron chi connectivity index (χ3n) is 9.99. The number of rotatable bonds is 4. The molecule has 17 heteroatoms. The number of methoxy groups -OCH3 is 2. The average Bonchev–Trinajstić information content (AvgIpc) is 3.86. The molecule has 3 aliphatic rings. The maximum absolute atomic E-state index is 16.5. The number of halogens is 6. The zero-order valence-corrected chi connectivity index (χ0v) is 29.0. The zero-order valence-electron chi connectivity index (χ0n) is 28.2. The molecule has 4 unspecified atom stereocenters. The van der Waals surface area contributed by atoms with E-state index in [2.05, 4.69) is 14.9 Å². The Morgan fingerprint density at radius 3 is 2.57 bits per heavy atom. The normalized spacial score (nSPS) is 21.8. The first kappa shape index (κ1) is 36.2. The van der Waals surface area contributed by atoms with Crippen LogP contribution in [0.3, 0.4) is 0 Å². The number of carbonyl (C=O) groups is 1. The number of likely N-dealkylation sites (tertiary alicyclic amines) is 1. The molecule has 1 amide bonds. The summed E-state index contributed by atoms with van der Waals surface area (Å²) in [6, 6.07) is 3.85. The SMILES string of the molecule is COC(=O)N1CCC(N(C)c2nc(OC)nc3c(F)c(-c4ccc(F)c5sc(N)c(C#N)c45)c(C(F)(F)F)cc23)C1C.FC1CC2CCCN2C1. The van der Waals surface area contributed by atoms with E-state index in [-0.39, 0.29) is 43.4 Å². The largest absolute Gasteiger partial charge is 0.467 e. The van der Waals surface area contributed by atoms with Crippen LogP contribution in [0.25, 0.3) is 32.1 Å². The molecule has 2 N–H and O–H groups in total. The van der Waals surface area contributed by atoms with E-state index in [0.717, 1.165) is 31.2 Å². The highest BCUT2D eigenvalue weighted by Crippen LogP contribution is 2.48. The van der Waals surface area contributed by atoms with Crippen molar-refractivity contribution in [3.05, 3.63) is 41.0 Å². The van der Waals surface area contributed by atoms with Crippen LogP contribution in [0.5, 0.6) is 6.01 Å². The average molecular weight is 736 g/mol. The molecule has 4 atom stereocenters. The predicted molar refractivity (Wildman–Crippen MR) is 180 cm³/mol. The summed E-state index contributed by atoms with van der Waals surface area (Å²) in [4.78, 5) is 25.8. The Hall–Kier alpha value is -4.56. The first-order valence-electron chi connectivity index (χ1n) is 16.2. The fourth-order valence-electron chi connectivity index (χ4n) is 7.55. The number of hydrogen-bond acceptors (Lipinski definition) is 10. The summed E-state index contributed by atoms with van der Waals surface area (Å²) in [6.45, 7) is 3.93. The molecule has 0 aliphatic carbocycles. The van der Waals surface area contributed by atoms with Gasteiger partial charge in [-0.05, 0) is 56.8 Å². The van der Waals surface area contributed by atoms with Gasteiger partial charge >= 0.3 is 18.3 Å². The smallest absolute Gasteiger partial charge is 0.417 e. The lowest BCUT2D eigenvalue weighted by atomic mass is 9.92. The van der Waals surface area contributed by atoms with Crippen molar-refractivity contribution in [3.63, 3.8) is 0 Å². The second-order valence-corrected chi connectivity index (χ2v) is 13.8. The summed E-state index contributed by atoms with van der Waals surface area (Å²) < 4.78 is 97.6. The van der Waals surface area contributed by atoms with Gasteiger partial charge in [0.05, 0.1) is 42.1 Å². The van der Waals surface area contributed by atoms with Gasteiger partial charge in [0.15, 0.2) is 5.82 Å². The maximum Gasteiger partial charge on any atom is 0.417 e. The highest BCUT2D eigenvalue weighted by molar-refractivity contribution is 7.23. The van der Waals surface area contributed by atoms with Crippen LogP contribution < -0.4 is 15.4 Å². The van der Waals surface area contributed by atoms with Gasteiger partial charge in [0.1, 0.15) is 34.4 Å². The molecule has 0 spiro atoms. The highest BCUT2D eigenvalue weighted by Gasteiger charge is 2.41. The Bertz CT molecular complexity index is 2020. The number of hydrogen-bond donors (Lipinski definition) is 1. The lowest BCUT2D eigenvalue weighted by molar-refractivity contribution is -0.137. The third-order valence-corrected chi connectivity index (χ3v) is 11.0. The highest BCUT2D eigenvalue weighted by atomic mass is 32.1. The lowest BCUT2D eigenvalue weighted by Gasteiger charge is -2.32. The van der Waals surface area contributed by atoms with Gasteiger partial charge in [-0.15, -0.1) is 11.3 Å². The van der Waals surface area contributed by atoms with Gasteiger partial charge < -0.3 is 25.0 Å². The van der Waals surface area contributed by atoms with Gasteiger partial charge in [0.2, 0.25) is 0 Å². The number of likely N-dealkylation sites (N-methyl/N-ethyl adjacent to an activating group) is 1. The number of benzene rings is 2. The molecule has 51 heavy (non-hydrogen) atoms. The first-order chi connectivity index (χ1) is 24.2. The quantitative estimate of drug-likeness (QED) is 0.218. The molecule has 10 nitrogen and oxygen atoms in total. The van der Waals surface area contributed by atoms with Gasteiger partial charge in [-0.1, -0.05) is 6.07 Å². The summed E-state index contributed by atoms with van der Waals surface area (Å²) in [5, 5.41) is 9.05. The number of fused-ring (bicyclic) bond motifs is 3. The van der Waals surface area contributed by atoms with Gasteiger partial charge in [0, 0.05) is 42.5 Å². The van der Waals surface area contributed by atoms with Crippen LogP contribution in [-0.4, -0.2) is 91.1 Å². The van der Waals surface area contributed by atoms with Gasteiger partial charge in [0.25, 0.3) is 0 Å². The molecule has 0 radical (unpaired) electrons. The van der Waals surface area contributed by atoms with Crippen molar-refractivity contribution in [1.82, 2.24) is 19.8 Å². The van der Waals surface area contributed by atoms with E-state index in [4.69, 9.17) is 15.2 Å². The topological polar surface area (TPSA) is 121 Å². The molecular weight excluding hydrogens is 700 g/mol. The molecule has 5 heterocycles. The number of carbonyl (C=O) groups excluding carboxylic acids is 1. The third kappa shape index (κ3) is 6.43. The second-order valence-electron chi connectivity index (χ2n) is 12.8. The van der Waals surface area contributed by atoms with Crippen molar-refractivity contribution >= 4 is 49.2 Å². The number of ether oxygens (including phenoxy) is 2. The Kier molecular flexibility index (Phi) is 9.85. The van der Waals surface area contributed by atoms with Crippen molar-refractivity contribution in [3.8, 4) is 23.2 Å². The van der Waals surface area contributed by atoms with E-state index in [1.807, 2.05) is 0 Å². The summed E-state index contributed by atoms with van der Waals surface area (Å²) >= 11 is 0.679. The summed E-state index contributed by atoms with van der Waals surface area (Å²) in [5.41, 5.74) is 2.45. The second kappa shape index (κ2) is 13.9. The van der Waals surface area contributed by atoms with E-state index in [0.29, 0.717) is 36.9 Å². The Morgan fingerprint density at radius 2 is 1.92 bits per heavy atom. The van der Waals surface area contributed by atoms with Crippen molar-refractivity contribution in [2.45, 2.75) is 63.1 Å². The molecular formula is C34H35F6N7O3S. The van der Waals surface area contributed by atoms with Crippen LogP contribution in [0.15, 0.2) is 18.2 Å². The molecule has 3 aliphatic heterocycles. The number of amides is 1. The van der Waals surface area contributed by atoms with Crippen molar-refractivity contribution in [1.29, 1.82) is 5.26 Å². The zero-order chi connectivity index (χ0) is 36.9. The van der Waals surface area contributed by atoms with Gasteiger partial charge in [-0.2, -0.15) is 28.4 Å². The standard InChI is InChI=1S/C27H23F5N6O3S.C7H12FN/c1-11-17(7-8-38(11)26(39)41-4)37(2)24-13-9-15(27(30,31)32)19(20(29)21(13)35-25(36-24)40-3)12-5-6-16(28)22-18(12)14(10-33)23(34)42-22;8-6-4-7-2-1-3-9(7)5-6/h5-6,9,11,17H,7-8,34H2,1-4H3;6-7H,1-5H2. The number of nitriles is 1. The Morgan fingerprint density at radius 1 is 1.18 bits per heavy atom.